The SMILES string of the molecule is COC(=O)c1nn(C)cc1-c1ccc(O[C@@H]2CC[C@@H](NC(=O)OC(C)(C)C)C2)c(-c2cccc(F)c2C2CCC2)c1. The van der Waals surface area contributed by atoms with Crippen molar-refractivity contribution in [3.63, 3.8) is 0 Å². The molecular formula is C32H38FN3O5. The summed E-state index contributed by atoms with van der Waals surface area (Å²) in [6.45, 7) is 5.51. The van der Waals surface area contributed by atoms with Gasteiger partial charge in [0, 0.05) is 36.8 Å². The highest BCUT2D eigenvalue weighted by atomic mass is 19.1. The second-order valence-electron chi connectivity index (χ2n) is 12.0. The summed E-state index contributed by atoms with van der Waals surface area (Å²) in [5.41, 5.74) is 3.26. The number of benzene rings is 2. The van der Waals surface area contributed by atoms with E-state index in [0.717, 1.165) is 48.8 Å². The number of amides is 1. The molecule has 0 bridgehead atoms. The average molecular weight is 564 g/mol. The summed E-state index contributed by atoms with van der Waals surface area (Å²) >= 11 is 0. The molecule has 0 saturated heterocycles. The highest BCUT2D eigenvalue weighted by molar-refractivity contribution is 5.96. The molecule has 0 aliphatic heterocycles. The number of aromatic nitrogens is 2. The van der Waals surface area contributed by atoms with Crippen LogP contribution in [0, 0.1) is 5.82 Å². The second-order valence-corrected chi connectivity index (χ2v) is 12.0. The molecule has 2 fully saturated rings. The molecule has 2 aliphatic rings. The molecule has 2 aliphatic carbocycles. The smallest absolute Gasteiger partial charge is 0.407 e. The third kappa shape index (κ3) is 6.39. The van der Waals surface area contributed by atoms with Gasteiger partial charge in [-0.2, -0.15) is 5.10 Å². The first kappa shape index (κ1) is 28.6. The topological polar surface area (TPSA) is 91.7 Å². The van der Waals surface area contributed by atoms with Gasteiger partial charge in [0.25, 0.3) is 0 Å². The van der Waals surface area contributed by atoms with Gasteiger partial charge in [0.2, 0.25) is 0 Å². The molecule has 1 aromatic heterocycles. The summed E-state index contributed by atoms with van der Waals surface area (Å²) in [5, 5.41) is 7.26. The second kappa shape index (κ2) is 11.5. The molecular weight excluding hydrogens is 525 g/mol. The van der Waals surface area contributed by atoms with Crippen molar-refractivity contribution in [1.29, 1.82) is 0 Å². The maximum Gasteiger partial charge on any atom is 0.407 e. The predicted molar refractivity (Wildman–Crippen MR) is 153 cm³/mol. The average Bonchev–Trinajstić information content (AvgIpc) is 3.48. The minimum absolute atomic E-state index is 0.0599. The number of hydrogen-bond donors (Lipinski definition) is 1. The number of aryl methyl sites for hydroxylation is 1. The molecule has 41 heavy (non-hydrogen) atoms. The number of carbonyl (C=O) groups is 2. The third-order valence-corrected chi connectivity index (χ3v) is 7.75. The van der Waals surface area contributed by atoms with Gasteiger partial charge in [-0.1, -0.05) is 24.6 Å². The van der Waals surface area contributed by atoms with Crippen molar-refractivity contribution in [3.8, 4) is 28.0 Å². The lowest BCUT2D eigenvalue weighted by Crippen LogP contribution is -2.38. The minimum Gasteiger partial charge on any atom is -0.490 e. The summed E-state index contributed by atoms with van der Waals surface area (Å²) < 4.78 is 33.8. The molecule has 9 heteroatoms. The highest BCUT2D eigenvalue weighted by Crippen LogP contribution is 2.46. The van der Waals surface area contributed by atoms with Crippen molar-refractivity contribution in [1.82, 2.24) is 15.1 Å². The molecule has 8 nitrogen and oxygen atoms in total. The van der Waals surface area contributed by atoms with Crippen LogP contribution in [0.3, 0.4) is 0 Å². The fourth-order valence-corrected chi connectivity index (χ4v) is 5.67. The Morgan fingerprint density at radius 3 is 2.51 bits per heavy atom. The van der Waals surface area contributed by atoms with E-state index in [-0.39, 0.29) is 29.6 Å². The van der Waals surface area contributed by atoms with Crippen molar-refractivity contribution in [2.45, 2.75) is 83.0 Å². The lowest BCUT2D eigenvalue weighted by Gasteiger charge is -2.29. The summed E-state index contributed by atoms with van der Waals surface area (Å²) in [4.78, 5) is 24.8. The maximum absolute atomic E-state index is 15.3. The summed E-state index contributed by atoms with van der Waals surface area (Å²) in [6, 6.07) is 10.8. The number of rotatable bonds is 7. The fourth-order valence-electron chi connectivity index (χ4n) is 5.67. The Balaban J connectivity index is 1.49. The molecule has 2 atom stereocenters. The molecule has 1 amide bonds. The van der Waals surface area contributed by atoms with Crippen LogP contribution >= 0.6 is 0 Å². The van der Waals surface area contributed by atoms with Crippen LogP contribution in [0.5, 0.6) is 5.75 Å². The Kier molecular flexibility index (Phi) is 8.07. The Morgan fingerprint density at radius 2 is 1.83 bits per heavy atom. The van der Waals surface area contributed by atoms with E-state index in [4.69, 9.17) is 14.2 Å². The zero-order valence-electron chi connectivity index (χ0n) is 24.3. The van der Waals surface area contributed by atoms with E-state index in [0.29, 0.717) is 23.3 Å². The van der Waals surface area contributed by atoms with Crippen molar-refractivity contribution < 1.29 is 28.2 Å². The third-order valence-electron chi connectivity index (χ3n) is 7.75. The van der Waals surface area contributed by atoms with Gasteiger partial charge in [-0.15, -0.1) is 0 Å². The van der Waals surface area contributed by atoms with E-state index in [1.807, 2.05) is 45.0 Å². The van der Waals surface area contributed by atoms with Crippen molar-refractivity contribution in [3.05, 3.63) is 59.7 Å². The first-order valence-corrected chi connectivity index (χ1v) is 14.2. The van der Waals surface area contributed by atoms with E-state index < -0.39 is 17.7 Å². The molecule has 1 heterocycles. The van der Waals surface area contributed by atoms with Gasteiger partial charge in [-0.3, -0.25) is 4.68 Å². The van der Waals surface area contributed by atoms with Gasteiger partial charge in [0.1, 0.15) is 23.3 Å². The van der Waals surface area contributed by atoms with Crippen LogP contribution in [0.4, 0.5) is 9.18 Å². The summed E-state index contributed by atoms with van der Waals surface area (Å²) in [5.74, 6) is 0.0347. The van der Waals surface area contributed by atoms with Gasteiger partial charge in [-0.25, -0.2) is 14.0 Å². The molecule has 0 radical (unpaired) electrons. The number of nitrogens with zero attached hydrogens (tertiary/aromatic N) is 2. The highest BCUT2D eigenvalue weighted by Gasteiger charge is 2.31. The first-order chi connectivity index (χ1) is 19.5. The summed E-state index contributed by atoms with van der Waals surface area (Å²) in [6.07, 6.45) is 6.33. The van der Waals surface area contributed by atoms with Gasteiger partial charge >= 0.3 is 12.1 Å². The Morgan fingerprint density at radius 1 is 1.05 bits per heavy atom. The Bertz CT molecular complexity index is 1440. The zero-order chi connectivity index (χ0) is 29.3. The van der Waals surface area contributed by atoms with Gasteiger partial charge < -0.3 is 19.5 Å². The Hall–Kier alpha value is -3.88. The van der Waals surface area contributed by atoms with Crippen LogP contribution in [-0.2, 0) is 16.5 Å². The number of ether oxygens (including phenoxy) is 3. The van der Waals surface area contributed by atoms with Crippen molar-refractivity contribution in [2.75, 3.05) is 7.11 Å². The monoisotopic (exact) mass is 563 g/mol. The van der Waals surface area contributed by atoms with Crippen LogP contribution < -0.4 is 10.1 Å². The molecule has 0 spiro atoms. The molecule has 0 unspecified atom stereocenters. The molecule has 3 aromatic rings. The maximum atomic E-state index is 15.3. The molecule has 218 valence electrons. The van der Waals surface area contributed by atoms with E-state index in [9.17, 15) is 9.59 Å². The van der Waals surface area contributed by atoms with Crippen LogP contribution in [-0.4, -0.2) is 46.7 Å². The van der Waals surface area contributed by atoms with Crippen LogP contribution in [0.1, 0.15) is 81.3 Å². The first-order valence-electron chi connectivity index (χ1n) is 14.2. The minimum atomic E-state index is -0.569. The zero-order valence-corrected chi connectivity index (χ0v) is 24.3. The summed E-state index contributed by atoms with van der Waals surface area (Å²) in [7, 11) is 3.07. The number of esters is 1. The number of halogens is 1. The number of carbonyl (C=O) groups excluding carboxylic acids is 2. The predicted octanol–water partition coefficient (Wildman–Crippen LogP) is 6.77. The normalized spacial score (nSPS) is 19.0. The van der Waals surface area contributed by atoms with Crippen molar-refractivity contribution in [2.24, 2.45) is 7.05 Å². The van der Waals surface area contributed by atoms with Gasteiger partial charge in [0.05, 0.1) is 7.11 Å². The fraction of sp³-hybridized carbons (Fsp3) is 0.469. The van der Waals surface area contributed by atoms with E-state index in [1.165, 1.54) is 13.2 Å². The van der Waals surface area contributed by atoms with E-state index >= 15 is 4.39 Å². The number of hydrogen-bond acceptors (Lipinski definition) is 6. The van der Waals surface area contributed by atoms with Crippen LogP contribution in [0.2, 0.25) is 0 Å². The molecule has 1 N–H and O–H groups in total. The largest absolute Gasteiger partial charge is 0.490 e. The van der Waals surface area contributed by atoms with Crippen LogP contribution in [0.15, 0.2) is 42.6 Å². The molecule has 2 saturated carbocycles. The quantitative estimate of drug-likeness (QED) is 0.319. The Labute approximate surface area is 240 Å². The molecule has 5 rings (SSSR count). The lowest BCUT2D eigenvalue weighted by molar-refractivity contribution is 0.0501. The van der Waals surface area contributed by atoms with Gasteiger partial charge in [-0.05, 0) is 87.3 Å². The standard InChI is InChI=1S/C32H38FN3O5/c1-32(2,3)41-31(38)34-21-13-14-22(17-21)40-27-15-12-20(25-18-36(4)35-29(25)30(37)39-5)16-24(27)23-10-7-11-26(33)28(23)19-8-6-9-19/h7,10-12,15-16,18-19,21-22H,6,8-9,13-14,17H2,1-5H3,(H,34,38)/t21-,22-/m1/s1. The van der Waals surface area contributed by atoms with E-state index in [1.54, 1.807) is 24.0 Å². The molecule has 2 aromatic carbocycles. The number of methoxy groups -OCH3 is 1. The lowest BCUT2D eigenvalue weighted by atomic mass is 9.76. The number of alkyl carbamates (subject to hydrolysis) is 1. The number of nitrogens with one attached hydrogen (secondary N) is 1. The van der Waals surface area contributed by atoms with E-state index in [2.05, 4.69) is 10.4 Å². The van der Waals surface area contributed by atoms with Crippen molar-refractivity contribution >= 4 is 12.1 Å². The van der Waals surface area contributed by atoms with Crippen LogP contribution in [0.25, 0.3) is 22.3 Å². The van der Waals surface area contributed by atoms with Gasteiger partial charge in [0.15, 0.2) is 5.69 Å².